The SMILES string of the molecule is COC(=O)CCN1CCC(C(=O)Nc2cn(C3CCNCC3)cn2)CC1.Cl.Cl.Cl. The van der Waals surface area contributed by atoms with Crippen LogP contribution in [-0.2, 0) is 14.3 Å². The van der Waals surface area contributed by atoms with Gasteiger partial charge in [0.2, 0.25) is 5.91 Å². The quantitative estimate of drug-likeness (QED) is 0.618. The lowest BCUT2D eigenvalue weighted by Gasteiger charge is -2.30. The molecule has 0 atom stereocenters. The zero-order valence-corrected chi connectivity index (χ0v) is 19.1. The van der Waals surface area contributed by atoms with E-state index in [1.807, 2.05) is 12.5 Å². The third-order valence-corrected chi connectivity index (χ3v) is 5.40. The first kappa shape index (κ1) is 27.9. The molecule has 0 spiro atoms. The average Bonchev–Trinajstić information content (AvgIpc) is 3.15. The Bertz CT molecular complexity index is 618. The highest BCUT2D eigenvalue weighted by Gasteiger charge is 2.26. The van der Waals surface area contributed by atoms with Crippen molar-refractivity contribution in [2.24, 2.45) is 5.92 Å². The third kappa shape index (κ3) is 8.30. The number of carbonyl (C=O) groups is 2. The molecule has 1 aromatic rings. The molecular formula is C18H32Cl3N5O3. The fourth-order valence-corrected chi connectivity index (χ4v) is 3.70. The minimum atomic E-state index is -0.186. The Morgan fingerprint density at radius 1 is 1.17 bits per heavy atom. The van der Waals surface area contributed by atoms with Gasteiger partial charge in [0.1, 0.15) is 0 Å². The minimum Gasteiger partial charge on any atom is -0.469 e. The molecule has 11 heteroatoms. The predicted octanol–water partition coefficient (Wildman–Crippen LogP) is 2.29. The van der Waals surface area contributed by atoms with Gasteiger partial charge in [0.05, 0.1) is 19.9 Å². The first-order valence-electron chi connectivity index (χ1n) is 9.50. The fraction of sp³-hybridized carbons (Fsp3) is 0.722. The number of aromatic nitrogens is 2. The van der Waals surface area contributed by atoms with Crippen LogP contribution in [0.3, 0.4) is 0 Å². The van der Waals surface area contributed by atoms with Crippen LogP contribution in [0.15, 0.2) is 12.5 Å². The number of imidazole rings is 1. The number of hydrogen-bond donors (Lipinski definition) is 2. The summed E-state index contributed by atoms with van der Waals surface area (Å²) < 4.78 is 6.79. The van der Waals surface area contributed by atoms with Gasteiger partial charge in [-0.05, 0) is 51.9 Å². The van der Waals surface area contributed by atoms with Crippen molar-refractivity contribution in [2.45, 2.75) is 38.1 Å². The number of piperidine rings is 2. The zero-order chi connectivity index (χ0) is 18.4. The van der Waals surface area contributed by atoms with Gasteiger partial charge in [0.15, 0.2) is 5.82 Å². The molecule has 8 nitrogen and oxygen atoms in total. The van der Waals surface area contributed by atoms with Crippen LogP contribution in [0.2, 0.25) is 0 Å². The molecule has 2 aliphatic rings. The van der Waals surface area contributed by atoms with Crippen LogP contribution in [0.5, 0.6) is 0 Å². The summed E-state index contributed by atoms with van der Waals surface area (Å²) in [6.07, 6.45) is 7.97. The van der Waals surface area contributed by atoms with Gasteiger partial charge in [-0.15, -0.1) is 37.2 Å². The highest BCUT2D eigenvalue weighted by molar-refractivity contribution is 5.91. The number of amides is 1. The van der Waals surface area contributed by atoms with Gasteiger partial charge in [0.25, 0.3) is 0 Å². The van der Waals surface area contributed by atoms with E-state index < -0.39 is 0 Å². The number of hydrogen-bond acceptors (Lipinski definition) is 6. The van der Waals surface area contributed by atoms with Crippen LogP contribution >= 0.6 is 37.2 Å². The molecule has 2 aliphatic heterocycles. The second kappa shape index (κ2) is 14.0. The maximum atomic E-state index is 12.5. The van der Waals surface area contributed by atoms with Gasteiger partial charge in [-0.3, -0.25) is 9.59 Å². The van der Waals surface area contributed by atoms with Gasteiger partial charge in [0, 0.05) is 24.7 Å². The number of methoxy groups -OCH3 is 1. The molecule has 0 unspecified atom stereocenters. The number of likely N-dealkylation sites (tertiary alicyclic amines) is 1. The number of ether oxygens (including phenoxy) is 1. The molecular weight excluding hydrogens is 441 g/mol. The molecule has 0 aromatic carbocycles. The number of halogens is 3. The molecule has 29 heavy (non-hydrogen) atoms. The van der Waals surface area contributed by atoms with Gasteiger partial charge >= 0.3 is 5.97 Å². The van der Waals surface area contributed by atoms with Crippen LogP contribution in [0.4, 0.5) is 5.82 Å². The highest BCUT2D eigenvalue weighted by Crippen LogP contribution is 2.22. The van der Waals surface area contributed by atoms with Crippen molar-refractivity contribution >= 4 is 54.9 Å². The van der Waals surface area contributed by atoms with E-state index in [1.54, 1.807) is 0 Å². The summed E-state index contributed by atoms with van der Waals surface area (Å²) in [5.74, 6) is 0.512. The van der Waals surface area contributed by atoms with Crippen molar-refractivity contribution in [3.8, 4) is 0 Å². The Morgan fingerprint density at radius 3 is 2.45 bits per heavy atom. The minimum absolute atomic E-state index is 0. The number of nitrogens with zero attached hydrogens (tertiary/aromatic N) is 3. The number of anilines is 1. The van der Waals surface area contributed by atoms with Crippen LogP contribution in [0.25, 0.3) is 0 Å². The number of carbonyl (C=O) groups excluding carboxylic acids is 2. The fourth-order valence-electron chi connectivity index (χ4n) is 3.70. The molecule has 2 N–H and O–H groups in total. The molecule has 1 amide bonds. The van der Waals surface area contributed by atoms with Gasteiger partial charge < -0.3 is 24.8 Å². The monoisotopic (exact) mass is 471 g/mol. The van der Waals surface area contributed by atoms with Crippen molar-refractivity contribution in [1.29, 1.82) is 0 Å². The zero-order valence-electron chi connectivity index (χ0n) is 16.7. The van der Waals surface area contributed by atoms with E-state index >= 15 is 0 Å². The summed E-state index contributed by atoms with van der Waals surface area (Å²) >= 11 is 0. The molecule has 0 saturated carbocycles. The molecule has 0 bridgehead atoms. The van der Waals surface area contributed by atoms with Crippen LogP contribution < -0.4 is 10.6 Å². The maximum absolute atomic E-state index is 12.5. The molecule has 2 saturated heterocycles. The molecule has 3 rings (SSSR count). The molecule has 3 heterocycles. The Hall–Kier alpha value is -1.06. The number of esters is 1. The average molecular weight is 473 g/mol. The van der Waals surface area contributed by atoms with E-state index in [0.29, 0.717) is 24.8 Å². The normalized spacial score (nSPS) is 18.0. The van der Waals surface area contributed by atoms with Crippen LogP contribution in [-0.4, -0.2) is 66.2 Å². The third-order valence-electron chi connectivity index (χ3n) is 5.40. The summed E-state index contributed by atoms with van der Waals surface area (Å²) in [7, 11) is 1.41. The summed E-state index contributed by atoms with van der Waals surface area (Å²) in [6, 6.07) is 0.465. The highest BCUT2D eigenvalue weighted by atomic mass is 35.5. The van der Waals surface area contributed by atoms with E-state index in [2.05, 4.69) is 29.8 Å². The lowest BCUT2D eigenvalue weighted by molar-refractivity contribution is -0.141. The summed E-state index contributed by atoms with van der Waals surface area (Å²) in [5, 5.41) is 6.32. The Morgan fingerprint density at radius 2 is 1.83 bits per heavy atom. The number of nitrogens with one attached hydrogen (secondary N) is 2. The lowest BCUT2D eigenvalue weighted by Crippen LogP contribution is -2.39. The van der Waals surface area contributed by atoms with Gasteiger partial charge in [-0.25, -0.2) is 4.98 Å². The largest absolute Gasteiger partial charge is 0.469 e. The van der Waals surface area contributed by atoms with Crippen LogP contribution in [0.1, 0.15) is 38.1 Å². The predicted molar refractivity (Wildman–Crippen MR) is 120 cm³/mol. The summed E-state index contributed by atoms with van der Waals surface area (Å²) in [4.78, 5) is 30.3. The number of rotatable bonds is 6. The Kier molecular flexibility index (Phi) is 13.5. The second-order valence-electron chi connectivity index (χ2n) is 7.12. The Balaban J connectivity index is 0.00000261. The van der Waals surface area contributed by atoms with E-state index in [-0.39, 0.29) is 55.0 Å². The van der Waals surface area contributed by atoms with Gasteiger partial charge in [-0.2, -0.15) is 0 Å². The lowest BCUT2D eigenvalue weighted by atomic mass is 9.96. The van der Waals surface area contributed by atoms with Crippen molar-refractivity contribution in [3.63, 3.8) is 0 Å². The first-order valence-corrected chi connectivity index (χ1v) is 9.50. The molecule has 2 fully saturated rings. The second-order valence-corrected chi connectivity index (χ2v) is 7.12. The summed E-state index contributed by atoms with van der Waals surface area (Å²) in [5.41, 5.74) is 0. The first-order chi connectivity index (χ1) is 12.7. The summed E-state index contributed by atoms with van der Waals surface area (Å²) in [6.45, 7) is 4.41. The van der Waals surface area contributed by atoms with Crippen molar-refractivity contribution in [1.82, 2.24) is 19.8 Å². The van der Waals surface area contributed by atoms with Crippen molar-refractivity contribution < 1.29 is 14.3 Å². The molecule has 168 valence electrons. The Labute approximate surface area is 190 Å². The van der Waals surface area contributed by atoms with Crippen LogP contribution in [0, 0.1) is 5.92 Å². The van der Waals surface area contributed by atoms with E-state index in [9.17, 15) is 9.59 Å². The molecule has 0 aliphatic carbocycles. The standard InChI is InChI=1S/C18H29N5O3.3ClH/c1-26-17(24)6-11-22-9-4-14(5-10-22)18(25)21-16-12-23(13-20-16)15-2-7-19-8-3-15;;;/h12-15,19H,2-11H2,1H3,(H,21,25);3*1H. The van der Waals surface area contributed by atoms with E-state index in [0.717, 1.165) is 51.9 Å². The molecule has 0 radical (unpaired) electrons. The van der Waals surface area contributed by atoms with Gasteiger partial charge in [-0.1, -0.05) is 0 Å². The maximum Gasteiger partial charge on any atom is 0.306 e. The van der Waals surface area contributed by atoms with Crippen molar-refractivity contribution in [2.75, 3.05) is 45.2 Å². The topological polar surface area (TPSA) is 88.5 Å². The van der Waals surface area contributed by atoms with E-state index in [4.69, 9.17) is 0 Å². The molecule has 1 aromatic heterocycles. The smallest absolute Gasteiger partial charge is 0.306 e. The van der Waals surface area contributed by atoms with E-state index in [1.165, 1.54) is 7.11 Å². The van der Waals surface area contributed by atoms with Crippen molar-refractivity contribution in [3.05, 3.63) is 12.5 Å².